The lowest BCUT2D eigenvalue weighted by molar-refractivity contribution is 1.24. The number of pyridine rings is 1. The van der Waals surface area contributed by atoms with E-state index in [1.807, 2.05) is 32.0 Å². The quantitative estimate of drug-likeness (QED) is 0.720. The van der Waals surface area contributed by atoms with Crippen LogP contribution < -0.4 is 5.73 Å². The van der Waals surface area contributed by atoms with Crippen LogP contribution in [0.1, 0.15) is 11.3 Å². The summed E-state index contributed by atoms with van der Waals surface area (Å²) in [7, 11) is 0. The number of fused-ring (bicyclic) bond motifs is 1. The first kappa shape index (κ1) is 9.28. The summed E-state index contributed by atoms with van der Waals surface area (Å²) >= 11 is 6.01. The number of benzene rings is 1. The summed E-state index contributed by atoms with van der Waals surface area (Å²) in [6.45, 7) is 3.88. The van der Waals surface area contributed by atoms with Gasteiger partial charge in [0.2, 0.25) is 0 Å². The highest BCUT2D eigenvalue weighted by Gasteiger charge is 2.06. The Bertz CT molecular complexity index is 506. The molecule has 72 valence electrons. The molecule has 0 atom stereocenters. The normalized spacial score (nSPS) is 10.8. The van der Waals surface area contributed by atoms with Gasteiger partial charge >= 0.3 is 0 Å². The molecular formula is C11H11ClN2. The van der Waals surface area contributed by atoms with Crippen LogP contribution in [-0.2, 0) is 0 Å². The summed E-state index contributed by atoms with van der Waals surface area (Å²) in [5, 5.41) is 1.70. The van der Waals surface area contributed by atoms with Crippen LogP contribution >= 0.6 is 11.6 Å². The molecule has 1 heterocycles. The Kier molecular flexibility index (Phi) is 2.08. The minimum Gasteiger partial charge on any atom is -0.398 e. The van der Waals surface area contributed by atoms with Crippen LogP contribution in [-0.4, -0.2) is 4.98 Å². The second kappa shape index (κ2) is 3.14. The number of hydrogen-bond acceptors (Lipinski definition) is 2. The van der Waals surface area contributed by atoms with Crippen molar-refractivity contribution in [2.24, 2.45) is 0 Å². The first-order valence-corrected chi connectivity index (χ1v) is 4.79. The number of nitrogens with zero attached hydrogens (tertiary/aromatic N) is 1. The molecule has 0 amide bonds. The molecule has 0 aliphatic heterocycles. The average Bonchev–Trinajstić information content (AvgIpc) is 2.12. The third kappa shape index (κ3) is 1.32. The third-order valence-corrected chi connectivity index (χ3v) is 2.74. The largest absolute Gasteiger partial charge is 0.398 e. The van der Waals surface area contributed by atoms with Crippen molar-refractivity contribution in [2.45, 2.75) is 13.8 Å². The van der Waals surface area contributed by atoms with Crippen molar-refractivity contribution in [1.82, 2.24) is 4.98 Å². The first-order valence-electron chi connectivity index (χ1n) is 4.41. The standard InChI is InChI=1S/C11H11ClN2/c1-6-5-10(13)8-3-4-9(12)7(2)11(8)14-6/h3-5H,1-2H3,(H2,13,14). The van der Waals surface area contributed by atoms with Crippen molar-refractivity contribution < 1.29 is 0 Å². The molecule has 0 bridgehead atoms. The fourth-order valence-electron chi connectivity index (χ4n) is 1.56. The average molecular weight is 207 g/mol. The first-order chi connectivity index (χ1) is 6.59. The predicted molar refractivity (Wildman–Crippen MR) is 60.6 cm³/mol. The molecule has 3 heteroatoms. The maximum atomic E-state index is 6.01. The molecule has 2 nitrogen and oxygen atoms in total. The molecule has 2 N–H and O–H groups in total. The summed E-state index contributed by atoms with van der Waals surface area (Å²) in [6.07, 6.45) is 0. The minimum absolute atomic E-state index is 0.731. The van der Waals surface area contributed by atoms with Crippen molar-refractivity contribution in [1.29, 1.82) is 0 Å². The number of hydrogen-bond donors (Lipinski definition) is 1. The predicted octanol–water partition coefficient (Wildman–Crippen LogP) is 3.09. The molecule has 1 aromatic heterocycles. The van der Waals surface area contributed by atoms with Gasteiger partial charge in [0.05, 0.1) is 5.52 Å². The van der Waals surface area contributed by atoms with Crippen LogP contribution in [0.4, 0.5) is 5.69 Å². The SMILES string of the molecule is Cc1cc(N)c2ccc(Cl)c(C)c2n1. The highest BCUT2D eigenvalue weighted by molar-refractivity contribution is 6.32. The van der Waals surface area contributed by atoms with Gasteiger partial charge in [-0.2, -0.15) is 0 Å². The van der Waals surface area contributed by atoms with Crippen LogP contribution in [0.25, 0.3) is 10.9 Å². The van der Waals surface area contributed by atoms with Crippen molar-refractivity contribution in [3.8, 4) is 0 Å². The molecule has 1 aromatic carbocycles. The smallest absolute Gasteiger partial charge is 0.0769 e. The molecule has 0 radical (unpaired) electrons. The summed E-state index contributed by atoms with van der Waals surface area (Å²) in [6, 6.07) is 5.63. The molecule has 0 aliphatic carbocycles. The number of rotatable bonds is 0. The van der Waals surface area contributed by atoms with Crippen LogP contribution in [0.15, 0.2) is 18.2 Å². The lowest BCUT2D eigenvalue weighted by Crippen LogP contribution is -1.94. The second-order valence-corrected chi connectivity index (χ2v) is 3.83. The molecule has 0 aliphatic rings. The molecule has 2 aromatic rings. The highest BCUT2D eigenvalue weighted by atomic mass is 35.5. The molecule has 2 rings (SSSR count). The van der Waals surface area contributed by atoms with Gasteiger partial charge in [-0.3, -0.25) is 4.98 Å². The highest BCUT2D eigenvalue weighted by Crippen LogP contribution is 2.27. The monoisotopic (exact) mass is 206 g/mol. The maximum absolute atomic E-state index is 6.01. The van der Waals surface area contributed by atoms with Gasteiger partial charge in [-0.15, -0.1) is 0 Å². The molecular weight excluding hydrogens is 196 g/mol. The Morgan fingerprint density at radius 2 is 2.00 bits per heavy atom. The minimum atomic E-state index is 0.731. The van der Waals surface area contributed by atoms with Crippen LogP contribution in [0.2, 0.25) is 5.02 Å². The summed E-state index contributed by atoms with van der Waals surface area (Å²) in [5.74, 6) is 0. The fraction of sp³-hybridized carbons (Fsp3) is 0.182. The van der Waals surface area contributed by atoms with Gasteiger partial charge in [-0.05, 0) is 37.6 Å². The van der Waals surface area contributed by atoms with E-state index in [1.54, 1.807) is 0 Å². The number of aromatic nitrogens is 1. The van der Waals surface area contributed by atoms with Gasteiger partial charge < -0.3 is 5.73 Å². The number of nitrogens with two attached hydrogens (primary N) is 1. The van der Waals surface area contributed by atoms with E-state index in [9.17, 15) is 0 Å². The zero-order valence-corrected chi connectivity index (χ0v) is 8.89. The van der Waals surface area contributed by atoms with Crippen molar-refractivity contribution >= 4 is 28.2 Å². The third-order valence-electron chi connectivity index (χ3n) is 2.33. The fourth-order valence-corrected chi connectivity index (χ4v) is 1.72. The Morgan fingerprint density at radius 3 is 2.71 bits per heavy atom. The Morgan fingerprint density at radius 1 is 1.29 bits per heavy atom. The molecule has 0 saturated heterocycles. The molecule has 0 saturated carbocycles. The van der Waals surface area contributed by atoms with Gasteiger partial charge in [0.25, 0.3) is 0 Å². The number of halogens is 1. The van der Waals surface area contributed by atoms with Gasteiger partial charge in [0.15, 0.2) is 0 Å². The Balaban J connectivity index is 2.95. The number of aryl methyl sites for hydroxylation is 2. The van der Waals surface area contributed by atoms with E-state index in [1.165, 1.54) is 0 Å². The summed E-state index contributed by atoms with van der Waals surface area (Å²) in [4.78, 5) is 4.43. The zero-order valence-electron chi connectivity index (χ0n) is 8.13. The zero-order chi connectivity index (χ0) is 10.3. The molecule has 0 spiro atoms. The maximum Gasteiger partial charge on any atom is 0.0769 e. The summed E-state index contributed by atoms with van der Waals surface area (Å²) in [5.41, 5.74) is 9.45. The van der Waals surface area contributed by atoms with Crippen molar-refractivity contribution in [2.75, 3.05) is 5.73 Å². The second-order valence-electron chi connectivity index (χ2n) is 3.42. The Labute approximate surface area is 87.7 Å². The van der Waals surface area contributed by atoms with Crippen LogP contribution in [0.5, 0.6) is 0 Å². The van der Waals surface area contributed by atoms with Gasteiger partial charge in [-0.1, -0.05) is 11.6 Å². The lowest BCUT2D eigenvalue weighted by atomic mass is 10.1. The van der Waals surface area contributed by atoms with E-state index < -0.39 is 0 Å². The van der Waals surface area contributed by atoms with E-state index in [4.69, 9.17) is 17.3 Å². The van der Waals surface area contributed by atoms with E-state index in [0.29, 0.717) is 0 Å². The van der Waals surface area contributed by atoms with Gasteiger partial charge in [0.1, 0.15) is 0 Å². The van der Waals surface area contributed by atoms with E-state index in [0.717, 1.165) is 32.9 Å². The Hall–Kier alpha value is -1.28. The summed E-state index contributed by atoms with van der Waals surface area (Å²) < 4.78 is 0. The number of anilines is 1. The number of nitrogen functional groups attached to an aromatic ring is 1. The topological polar surface area (TPSA) is 38.9 Å². The van der Waals surface area contributed by atoms with Crippen molar-refractivity contribution in [3.05, 3.63) is 34.5 Å². The van der Waals surface area contributed by atoms with Gasteiger partial charge in [0, 0.05) is 21.8 Å². The van der Waals surface area contributed by atoms with E-state index in [2.05, 4.69) is 4.98 Å². The van der Waals surface area contributed by atoms with E-state index in [-0.39, 0.29) is 0 Å². The van der Waals surface area contributed by atoms with Crippen molar-refractivity contribution in [3.63, 3.8) is 0 Å². The lowest BCUT2D eigenvalue weighted by Gasteiger charge is -2.07. The van der Waals surface area contributed by atoms with Gasteiger partial charge in [-0.25, -0.2) is 0 Å². The molecule has 0 unspecified atom stereocenters. The van der Waals surface area contributed by atoms with Crippen LogP contribution in [0.3, 0.4) is 0 Å². The van der Waals surface area contributed by atoms with Crippen LogP contribution in [0, 0.1) is 13.8 Å². The molecule has 0 fully saturated rings. The molecule has 14 heavy (non-hydrogen) atoms. The van der Waals surface area contributed by atoms with E-state index >= 15 is 0 Å².